The minimum absolute atomic E-state index is 0.819. The summed E-state index contributed by atoms with van der Waals surface area (Å²) in [4.78, 5) is 4.80. The molecule has 0 N–H and O–H groups in total. The fraction of sp³-hybridized carbons (Fsp3) is 0.200. The molecule has 0 atom stereocenters. The van der Waals surface area contributed by atoms with Crippen molar-refractivity contribution in [2.75, 3.05) is 0 Å². The molecule has 0 bridgehead atoms. The van der Waals surface area contributed by atoms with E-state index >= 15 is 0 Å². The second-order valence-corrected chi connectivity index (χ2v) is 5.55. The van der Waals surface area contributed by atoms with Crippen LogP contribution < -0.4 is 0 Å². The zero-order chi connectivity index (χ0) is 15.5. The number of hydrogen-bond donors (Lipinski definition) is 0. The van der Waals surface area contributed by atoms with Crippen molar-refractivity contribution in [1.29, 1.82) is 0 Å². The van der Waals surface area contributed by atoms with Crippen molar-refractivity contribution < 1.29 is 0 Å². The van der Waals surface area contributed by atoms with Crippen molar-refractivity contribution in [3.63, 3.8) is 0 Å². The molecule has 0 saturated heterocycles. The average molecular weight is 289 g/mol. The largest absolute Gasteiger partial charge is 0.303 e. The van der Waals surface area contributed by atoms with Crippen LogP contribution in [0.15, 0.2) is 54.7 Å². The molecule has 22 heavy (non-hydrogen) atoms. The number of aryl methyl sites for hydroxylation is 2. The van der Waals surface area contributed by atoms with E-state index in [0.29, 0.717) is 0 Å². The van der Waals surface area contributed by atoms with Gasteiger partial charge in [-0.15, -0.1) is 0 Å². The molecular weight excluding hydrogens is 268 g/mol. The third kappa shape index (κ3) is 2.82. The van der Waals surface area contributed by atoms with Gasteiger partial charge in [0.1, 0.15) is 5.82 Å². The van der Waals surface area contributed by atoms with Crippen LogP contribution >= 0.6 is 0 Å². The highest BCUT2D eigenvalue weighted by Gasteiger charge is 2.09. The molecule has 3 aromatic rings. The Kier molecular flexibility index (Phi) is 4.10. The van der Waals surface area contributed by atoms with Gasteiger partial charge in [-0.3, -0.25) is 0 Å². The summed E-state index contributed by atoms with van der Waals surface area (Å²) in [6, 6.07) is 17.1. The molecule has 1 heterocycles. The van der Waals surface area contributed by atoms with Crippen LogP contribution in [0.25, 0.3) is 16.9 Å². The number of benzene rings is 2. The molecule has 2 aromatic carbocycles. The third-order valence-electron chi connectivity index (χ3n) is 3.95. The monoisotopic (exact) mass is 289 g/mol. The first kappa shape index (κ1) is 14.6. The lowest BCUT2D eigenvalue weighted by atomic mass is 10.1. The Hall–Kier alpha value is -2.35. The van der Waals surface area contributed by atoms with E-state index in [4.69, 9.17) is 4.98 Å². The Morgan fingerprint density at radius 2 is 1.68 bits per heavy atom. The molecule has 1 radical (unpaired) electrons. The minimum Gasteiger partial charge on any atom is -0.303 e. The van der Waals surface area contributed by atoms with Crippen molar-refractivity contribution >= 4 is 0 Å². The summed E-state index contributed by atoms with van der Waals surface area (Å²) >= 11 is 0. The van der Waals surface area contributed by atoms with Crippen molar-refractivity contribution in [3.8, 4) is 16.9 Å². The first-order chi connectivity index (χ1) is 10.7. The maximum Gasteiger partial charge on any atom is 0.113 e. The number of nitrogens with zero attached hydrogens (tertiary/aromatic N) is 2. The van der Waals surface area contributed by atoms with Gasteiger partial charge in [-0.2, -0.15) is 0 Å². The molecule has 2 nitrogen and oxygen atoms in total. The van der Waals surface area contributed by atoms with Crippen LogP contribution in [0.5, 0.6) is 0 Å². The summed E-state index contributed by atoms with van der Waals surface area (Å²) in [7, 11) is 0. The van der Waals surface area contributed by atoms with Gasteiger partial charge in [-0.05, 0) is 38.0 Å². The van der Waals surface area contributed by atoms with Gasteiger partial charge in [0.2, 0.25) is 0 Å². The van der Waals surface area contributed by atoms with Crippen LogP contribution in [-0.4, -0.2) is 9.55 Å². The molecule has 111 valence electrons. The second kappa shape index (κ2) is 6.18. The molecule has 0 unspecified atom stereocenters. The lowest BCUT2D eigenvalue weighted by Crippen LogP contribution is -1.98. The molecular formula is C20H21N2. The van der Waals surface area contributed by atoms with E-state index in [1.807, 2.05) is 0 Å². The van der Waals surface area contributed by atoms with E-state index in [1.165, 1.54) is 11.1 Å². The average Bonchev–Trinajstić information content (AvgIpc) is 3.00. The molecule has 0 amide bonds. The maximum absolute atomic E-state index is 4.80. The quantitative estimate of drug-likeness (QED) is 0.675. The zero-order valence-electron chi connectivity index (χ0n) is 13.2. The summed E-state index contributed by atoms with van der Waals surface area (Å²) in [6.07, 6.45) is 3.85. The predicted octanol–water partition coefficient (Wildman–Crippen LogP) is 4.79. The Bertz CT molecular complexity index is 749. The summed E-state index contributed by atoms with van der Waals surface area (Å²) < 4.78 is 2.18. The summed E-state index contributed by atoms with van der Waals surface area (Å²) in [5, 5.41) is 0. The van der Waals surface area contributed by atoms with Gasteiger partial charge in [0.05, 0.1) is 5.69 Å². The fourth-order valence-electron chi connectivity index (χ4n) is 2.58. The zero-order valence-corrected chi connectivity index (χ0v) is 13.2. The van der Waals surface area contributed by atoms with Crippen LogP contribution in [0.2, 0.25) is 0 Å². The van der Waals surface area contributed by atoms with E-state index in [2.05, 4.69) is 80.1 Å². The highest BCUT2D eigenvalue weighted by molar-refractivity contribution is 5.60. The van der Waals surface area contributed by atoms with Gasteiger partial charge in [-0.1, -0.05) is 48.9 Å². The third-order valence-corrected chi connectivity index (χ3v) is 3.95. The van der Waals surface area contributed by atoms with Crippen molar-refractivity contribution in [2.24, 2.45) is 0 Å². The Morgan fingerprint density at radius 3 is 2.27 bits per heavy atom. The molecule has 3 rings (SSSR count). The van der Waals surface area contributed by atoms with Gasteiger partial charge in [0.15, 0.2) is 0 Å². The SMILES string of the molecule is [CH2]Cc1ccc(-n2cc(-c3ccc(C)cc3)nc2CC)cc1. The lowest BCUT2D eigenvalue weighted by Gasteiger charge is -2.06. The van der Waals surface area contributed by atoms with Crippen LogP contribution in [-0.2, 0) is 12.8 Å². The minimum atomic E-state index is 0.819. The smallest absolute Gasteiger partial charge is 0.113 e. The molecule has 2 heteroatoms. The van der Waals surface area contributed by atoms with E-state index in [9.17, 15) is 0 Å². The lowest BCUT2D eigenvalue weighted by molar-refractivity contribution is 0.891. The first-order valence-corrected chi connectivity index (χ1v) is 7.75. The highest BCUT2D eigenvalue weighted by atomic mass is 15.1. The molecule has 1 aromatic heterocycles. The molecule has 0 aliphatic carbocycles. The summed E-state index contributed by atoms with van der Waals surface area (Å²) in [6.45, 7) is 8.17. The van der Waals surface area contributed by atoms with E-state index in [-0.39, 0.29) is 0 Å². The normalized spacial score (nSPS) is 10.9. The van der Waals surface area contributed by atoms with Crippen molar-refractivity contribution in [2.45, 2.75) is 26.7 Å². The van der Waals surface area contributed by atoms with Gasteiger partial charge < -0.3 is 4.57 Å². The maximum atomic E-state index is 4.80. The highest BCUT2D eigenvalue weighted by Crippen LogP contribution is 2.22. The molecule has 0 aliphatic rings. The standard InChI is InChI=1S/C20H21N2/c1-4-16-8-12-18(13-9-16)22-14-19(21-20(22)5-2)17-10-6-15(3)7-11-17/h6-14H,1,4-5H2,2-3H3. The molecule has 0 saturated carbocycles. The van der Waals surface area contributed by atoms with Crippen molar-refractivity contribution in [1.82, 2.24) is 9.55 Å². The van der Waals surface area contributed by atoms with E-state index in [0.717, 1.165) is 35.6 Å². The molecule has 0 fully saturated rings. The summed E-state index contributed by atoms with van der Waals surface area (Å²) in [5.74, 6) is 1.08. The van der Waals surface area contributed by atoms with E-state index in [1.54, 1.807) is 0 Å². The second-order valence-electron chi connectivity index (χ2n) is 5.55. The van der Waals surface area contributed by atoms with Gasteiger partial charge in [0, 0.05) is 23.9 Å². The number of hydrogen-bond acceptors (Lipinski definition) is 1. The number of aromatic nitrogens is 2. The van der Waals surface area contributed by atoms with Crippen LogP contribution in [0, 0.1) is 13.8 Å². The predicted molar refractivity (Wildman–Crippen MR) is 92.2 cm³/mol. The van der Waals surface area contributed by atoms with Crippen molar-refractivity contribution in [3.05, 3.63) is 78.6 Å². The number of rotatable bonds is 4. The molecule has 0 spiro atoms. The van der Waals surface area contributed by atoms with Gasteiger partial charge in [-0.25, -0.2) is 4.98 Å². The first-order valence-electron chi connectivity index (χ1n) is 7.75. The van der Waals surface area contributed by atoms with Crippen LogP contribution in [0.3, 0.4) is 0 Å². The fourth-order valence-corrected chi connectivity index (χ4v) is 2.58. The summed E-state index contributed by atoms with van der Waals surface area (Å²) in [5.41, 5.74) is 5.86. The van der Waals surface area contributed by atoms with Gasteiger partial charge in [0.25, 0.3) is 0 Å². The van der Waals surface area contributed by atoms with Crippen LogP contribution in [0.4, 0.5) is 0 Å². The Morgan fingerprint density at radius 1 is 1.00 bits per heavy atom. The van der Waals surface area contributed by atoms with E-state index < -0.39 is 0 Å². The van der Waals surface area contributed by atoms with Gasteiger partial charge >= 0.3 is 0 Å². The topological polar surface area (TPSA) is 17.8 Å². The number of imidazole rings is 1. The molecule has 0 aliphatic heterocycles. The Labute approximate surface area is 132 Å². The Balaban J connectivity index is 2.02. The van der Waals surface area contributed by atoms with Crippen LogP contribution in [0.1, 0.15) is 23.9 Å².